The Kier molecular flexibility index (Phi) is 3.48. The van der Waals surface area contributed by atoms with E-state index in [0.29, 0.717) is 25.4 Å². The van der Waals surface area contributed by atoms with Gasteiger partial charge in [0.1, 0.15) is 0 Å². The Morgan fingerprint density at radius 1 is 0.950 bits per heavy atom. The molecule has 0 saturated heterocycles. The third-order valence-corrected chi connectivity index (χ3v) is 4.33. The van der Waals surface area contributed by atoms with Crippen LogP contribution < -0.4 is 4.90 Å². The van der Waals surface area contributed by atoms with Crippen LogP contribution in [0.1, 0.15) is 20.7 Å². The standard InChI is InChI=1S/C14H6Cl2INO2/c15-7-5-10(16)12(11(17)6-7)18-13(19)8-3-1-2-4-9(8)14(18)20/h1-6H. The molecule has 1 aliphatic rings. The summed E-state index contributed by atoms with van der Waals surface area (Å²) in [5, 5.41) is 0.733. The second kappa shape index (κ2) is 5.02. The van der Waals surface area contributed by atoms with E-state index in [9.17, 15) is 9.59 Å². The quantitative estimate of drug-likeness (QED) is 0.509. The van der Waals surface area contributed by atoms with Crippen molar-refractivity contribution in [2.24, 2.45) is 0 Å². The number of carbonyl (C=O) groups excluding carboxylic acids is 2. The number of carbonyl (C=O) groups is 2. The van der Waals surface area contributed by atoms with Gasteiger partial charge in [0.2, 0.25) is 0 Å². The summed E-state index contributed by atoms with van der Waals surface area (Å²) >= 11 is 14.1. The number of imide groups is 1. The van der Waals surface area contributed by atoms with E-state index in [-0.39, 0.29) is 16.8 Å². The van der Waals surface area contributed by atoms with Gasteiger partial charge in [0, 0.05) is 8.59 Å². The zero-order valence-electron chi connectivity index (χ0n) is 9.86. The summed E-state index contributed by atoms with van der Waals surface area (Å²) in [7, 11) is 0. The normalized spacial score (nSPS) is 13.8. The molecule has 2 aromatic rings. The molecule has 0 spiro atoms. The average Bonchev–Trinajstić information content (AvgIpc) is 2.64. The molecule has 100 valence electrons. The first-order chi connectivity index (χ1) is 9.50. The molecule has 2 amide bonds. The fourth-order valence-corrected chi connectivity index (χ4v) is 3.93. The van der Waals surface area contributed by atoms with Crippen molar-refractivity contribution in [3.05, 3.63) is 61.1 Å². The maximum absolute atomic E-state index is 12.4. The minimum atomic E-state index is -0.368. The van der Waals surface area contributed by atoms with Crippen LogP contribution in [0.3, 0.4) is 0 Å². The highest BCUT2D eigenvalue weighted by Gasteiger charge is 2.38. The molecule has 0 atom stereocenters. The fourth-order valence-electron chi connectivity index (χ4n) is 2.14. The lowest BCUT2D eigenvalue weighted by atomic mass is 10.1. The first-order valence-electron chi connectivity index (χ1n) is 5.63. The van der Waals surface area contributed by atoms with Crippen molar-refractivity contribution in [2.45, 2.75) is 0 Å². The number of amides is 2. The number of anilines is 1. The maximum atomic E-state index is 12.4. The van der Waals surface area contributed by atoms with E-state index < -0.39 is 0 Å². The van der Waals surface area contributed by atoms with Crippen molar-refractivity contribution in [3.63, 3.8) is 0 Å². The van der Waals surface area contributed by atoms with Gasteiger partial charge in [0.05, 0.1) is 21.8 Å². The van der Waals surface area contributed by atoms with E-state index in [1.807, 2.05) is 22.6 Å². The lowest BCUT2D eigenvalue weighted by Crippen LogP contribution is -2.30. The van der Waals surface area contributed by atoms with Crippen molar-refractivity contribution in [1.82, 2.24) is 0 Å². The van der Waals surface area contributed by atoms with Crippen LogP contribution in [-0.2, 0) is 0 Å². The predicted octanol–water partition coefficient (Wildman–Crippen LogP) is 4.40. The molecule has 0 radical (unpaired) electrons. The second-order valence-corrected chi connectivity index (χ2v) is 6.22. The fraction of sp³-hybridized carbons (Fsp3) is 0. The molecule has 0 saturated carbocycles. The second-order valence-electron chi connectivity index (χ2n) is 4.21. The van der Waals surface area contributed by atoms with Gasteiger partial charge >= 0.3 is 0 Å². The molecule has 3 nitrogen and oxygen atoms in total. The third kappa shape index (κ3) is 2.03. The molecule has 0 bridgehead atoms. The third-order valence-electron chi connectivity index (χ3n) is 3.00. The van der Waals surface area contributed by atoms with Crippen molar-refractivity contribution in [3.8, 4) is 0 Å². The van der Waals surface area contributed by atoms with Crippen LogP contribution in [0, 0.1) is 3.57 Å². The summed E-state index contributed by atoms with van der Waals surface area (Å²) in [4.78, 5) is 25.9. The van der Waals surface area contributed by atoms with E-state index in [4.69, 9.17) is 23.2 Å². The molecular weight excluding hydrogens is 412 g/mol. The van der Waals surface area contributed by atoms with E-state index in [2.05, 4.69) is 0 Å². The highest BCUT2D eigenvalue weighted by molar-refractivity contribution is 14.1. The minimum absolute atomic E-state index is 0.274. The average molecular weight is 418 g/mol. The van der Waals surface area contributed by atoms with Crippen molar-refractivity contribution in [1.29, 1.82) is 0 Å². The number of benzene rings is 2. The van der Waals surface area contributed by atoms with Crippen LogP contribution in [0.2, 0.25) is 10.0 Å². The zero-order valence-corrected chi connectivity index (χ0v) is 13.5. The Morgan fingerprint density at radius 3 is 2.00 bits per heavy atom. The summed E-state index contributed by atoms with van der Waals surface area (Å²) in [5.74, 6) is -0.736. The SMILES string of the molecule is O=C1c2ccccc2C(=O)N1c1c(Cl)cc(Cl)cc1I. The summed E-state index contributed by atoms with van der Waals surface area (Å²) < 4.78 is 0.648. The number of fused-ring (bicyclic) bond motifs is 1. The summed E-state index contributed by atoms with van der Waals surface area (Å²) in [5.41, 5.74) is 1.15. The molecule has 20 heavy (non-hydrogen) atoms. The Hall–Kier alpha value is -1.11. The highest BCUT2D eigenvalue weighted by atomic mass is 127. The van der Waals surface area contributed by atoms with Crippen LogP contribution in [-0.4, -0.2) is 11.8 Å². The maximum Gasteiger partial charge on any atom is 0.266 e. The lowest BCUT2D eigenvalue weighted by Gasteiger charge is -2.17. The van der Waals surface area contributed by atoms with Crippen LogP contribution in [0.4, 0.5) is 5.69 Å². The molecule has 0 aromatic heterocycles. The molecule has 0 unspecified atom stereocenters. The van der Waals surface area contributed by atoms with Crippen LogP contribution in [0.25, 0.3) is 0 Å². The van der Waals surface area contributed by atoms with Crippen LogP contribution in [0.5, 0.6) is 0 Å². The first kappa shape index (κ1) is 13.9. The Bertz CT molecular complexity index is 703. The number of rotatable bonds is 1. The predicted molar refractivity (Wildman–Crippen MR) is 86.8 cm³/mol. The molecule has 1 heterocycles. The van der Waals surface area contributed by atoms with Gasteiger partial charge in [-0.15, -0.1) is 0 Å². The summed E-state index contributed by atoms with van der Waals surface area (Å²) in [6, 6.07) is 9.89. The molecule has 0 N–H and O–H groups in total. The van der Waals surface area contributed by atoms with Gasteiger partial charge in [-0.3, -0.25) is 9.59 Å². The van der Waals surface area contributed by atoms with E-state index in [1.165, 1.54) is 6.07 Å². The molecule has 2 aromatic carbocycles. The van der Waals surface area contributed by atoms with Crippen molar-refractivity contribution < 1.29 is 9.59 Å². The molecule has 1 aliphatic heterocycles. The van der Waals surface area contributed by atoms with Crippen LogP contribution >= 0.6 is 45.8 Å². The van der Waals surface area contributed by atoms with Gasteiger partial charge < -0.3 is 0 Å². The number of halogens is 3. The summed E-state index contributed by atoms with van der Waals surface area (Å²) in [6.07, 6.45) is 0. The molecule has 6 heteroatoms. The molecule has 0 fully saturated rings. The largest absolute Gasteiger partial charge is 0.268 e. The Labute approximate surface area is 138 Å². The van der Waals surface area contributed by atoms with E-state index >= 15 is 0 Å². The van der Waals surface area contributed by atoms with Crippen molar-refractivity contribution in [2.75, 3.05) is 4.90 Å². The van der Waals surface area contributed by atoms with E-state index in [0.717, 1.165) is 4.90 Å². The first-order valence-corrected chi connectivity index (χ1v) is 7.46. The van der Waals surface area contributed by atoms with Gasteiger partial charge in [-0.05, 0) is 46.9 Å². The number of hydrogen-bond acceptors (Lipinski definition) is 2. The highest BCUT2D eigenvalue weighted by Crippen LogP contribution is 2.38. The topological polar surface area (TPSA) is 37.4 Å². The summed E-state index contributed by atoms with van der Waals surface area (Å²) in [6.45, 7) is 0. The van der Waals surface area contributed by atoms with Gasteiger partial charge in [-0.2, -0.15) is 0 Å². The van der Waals surface area contributed by atoms with Crippen LogP contribution in [0.15, 0.2) is 36.4 Å². The van der Waals surface area contributed by atoms with Gasteiger partial charge in [0.25, 0.3) is 11.8 Å². The monoisotopic (exact) mass is 417 g/mol. The lowest BCUT2D eigenvalue weighted by molar-refractivity contribution is 0.0926. The smallest absolute Gasteiger partial charge is 0.266 e. The van der Waals surface area contributed by atoms with E-state index in [1.54, 1.807) is 30.3 Å². The Balaban J connectivity index is 2.19. The van der Waals surface area contributed by atoms with Crippen molar-refractivity contribution >= 4 is 63.3 Å². The van der Waals surface area contributed by atoms with Gasteiger partial charge in [-0.1, -0.05) is 35.3 Å². The molecule has 3 rings (SSSR count). The Morgan fingerprint density at radius 2 is 1.50 bits per heavy atom. The number of nitrogens with zero attached hydrogens (tertiary/aromatic N) is 1. The number of hydrogen-bond donors (Lipinski definition) is 0. The van der Waals surface area contributed by atoms with Gasteiger partial charge in [-0.25, -0.2) is 4.90 Å². The zero-order chi connectivity index (χ0) is 14.4. The molecular formula is C14H6Cl2INO2. The minimum Gasteiger partial charge on any atom is -0.268 e. The van der Waals surface area contributed by atoms with Gasteiger partial charge in [0.15, 0.2) is 0 Å². The molecule has 0 aliphatic carbocycles.